The third-order valence-corrected chi connectivity index (χ3v) is 4.60. The number of carbonyl (C=O) groups excluding carboxylic acids is 2. The van der Waals surface area contributed by atoms with E-state index >= 15 is 0 Å². The fourth-order valence-corrected chi connectivity index (χ4v) is 3.09. The third kappa shape index (κ3) is 4.78. The molecule has 2 aromatic rings. The lowest BCUT2D eigenvalue weighted by molar-refractivity contribution is -0.123. The summed E-state index contributed by atoms with van der Waals surface area (Å²) >= 11 is 0. The van der Waals surface area contributed by atoms with Crippen molar-refractivity contribution in [1.29, 1.82) is 0 Å². The van der Waals surface area contributed by atoms with E-state index in [0.29, 0.717) is 18.6 Å². The van der Waals surface area contributed by atoms with Crippen LogP contribution in [0.3, 0.4) is 0 Å². The fraction of sp³-hybridized carbons (Fsp3) is 0.333. The Morgan fingerprint density at radius 3 is 2.59 bits per heavy atom. The standard InChI is InChI=1S/C21H24N2O4/c1-3-18(14-4-7-16(26-2)8-5-14)22-21(25)13-27-17-9-10-19-15(12-17)6-11-20(24)23-19/h4-5,7-10,12,18H,3,6,11,13H2,1-2H3,(H,22,25)(H,23,24)/t18-/m1/s1. The van der Waals surface area contributed by atoms with Crippen LogP contribution in [0.5, 0.6) is 11.5 Å². The van der Waals surface area contributed by atoms with E-state index in [1.165, 1.54) is 0 Å². The first kappa shape index (κ1) is 18.8. The molecule has 0 unspecified atom stereocenters. The minimum absolute atomic E-state index is 0.0275. The van der Waals surface area contributed by atoms with Gasteiger partial charge in [0.15, 0.2) is 6.61 Å². The second kappa shape index (κ2) is 8.58. The number of fused-ring (bicyclic) bond motifs is 1. The van der Waals surface area contributed by atoms with Gasteiger partial charge in [0.05, 0.1) is 13.2 Å². The maximum absolute atomic E-state index is 12.3. The molecule has 6 nitrogen and oxygen atoms in total. The number of amides is 2. The Morgan fingerprint density at radius 1 is 1.15 bits per heavy atom. The Balaban J connectivity index is 1.56. The summed E-state index contributed by atoms with van der Waals surface area (Å²) in [4.78, 5) is 23.7. The van der Waals surface area contributed by atoms with Crippen molar-refractivity contribution in [1.82, 2.24) is 5.32 Å². The van der Waals surface area contributed by atoms with Crippen molar-refractivity contribution in [3.05, 3.63) is 53.6 Å². The summed E-state index contributed by atoms with van der Waals surface area (Å²) in [6.45, 7) is 1.96. The van der Waals surface area contributed by atoms with E-state index in [0.717, 1.165) is 29.0 Å². The van der Waals surface area contributed by atoms with Gasteiger partial charge in [0.2, 0.25) is 5.91 Å². The normalized spacial score (nSPS) is 13.9. The molecule has 2 amide bonds. The van der Waals surface area contributed by atoms with E-state index in [9.17, 15) is 9.59 Å². The first-order chi connectivity index (χ1) is 13.1. The molecule has 0 aliphatic carbocycles. The molecule has 1 heterocycles. The average molecular weight is 368 g/mol. The largest absolute Gasteiger partial charge is 0.497 e. The number of nitrogens with one attached hydrogen (secondary N) is 2. The molecule has 1 aliphatic rings. The van der Waals surface area contributed by atoms with Crippen molar-refractivity contribution in [3.8, 4) is 11.5 Å². The molecule has 2 aromatic carbocycles. The molecule has 1 atom stereocenters. The Labute approximate surface area is 158 Å². The van der Waals surface area contributed by atoms with Gasteiger partial charge in [0.1, 0.15) is 11.5 Å². The van der Waals surface area contributed by atoms with Crippen LogP contribution >= 0.6 is 0 Å². The molecule has 3 rings (SSSR count). The van der Waals surface area contributed by atoms with Gasteiger partial charge in [0.25, 0.3) is 5.91 Å². The van der Waals surface area contributed by atoms with Crippen molar-refractivity contribution < 1.29 is 19.1 Å². The van der Waals surface area contributed by atoms with Gasteiger partial charge in [-0.3, -0.25) is 9.59 Å². The van der Waals surface area contributed by atoms with E-state index in [4.69, 9.17) is 9.47 Å². The number of carbonyl (C=O) groups is 2. The van der Waals surface area contributed by atoms with E-state index in [-0.39, 0.29) is 24.5 Å². The maximum atomic E-state index is 12.3. The quantitative estimate of drug-likeness (QED) is 0.787. The van der Waals surface area contributed by atoms with Gasteiger partial charge in [-0.1, -0.05) is 19.1 Å². The van der Waals surface area contributed by atoms with Crippen LogP contribution in [0.2, 0.25) is 0 Å². The average Bonchev–Trinajstić information content (AvgIpc) is 2.70. The number of anilines is 1. The summed E-state index contributed by atoms with van der Waals surface area (Å²) in [6.07, 6.45) is 1.92. The Morgan fingerprint density at radius 2 is 1.89 bits per heavy atom. The number of aryl methyl sites for hydroxylation is 1. The van der Waals surface area contributed by atoms with Crippen LogP contribution < -0.4 is 20.1 Å². The highest BCUT2D eigenvalue weighted by atomic mass is 16.5. The first-order valence-corrected chi connectivity index (χ1v) is 9.08. The van der Waals surface area contributed by atoms with Crippen molar-refractivity contribution in [2.75, 3.05) is 19.0 Å². The highest BCUT2D eigenvalue weighted by Crippen LogP contribution is 2.27. The van der Waals surface area contributed by atoms with E-state index in [2.05, 4.69) is 10.6 Å². The van der Waals surface area contributed by atoms with Crippen LogP contribution in [0.4, 0.5) is 5.69 Å². The smallest absolute Gasteiger partial charge is 0.258 e. The fourth-order valence-electron chi connectivity index (χ4n) is 3.09. The van der Waals surface area contributed by atoms with Gasteiger partial charge in [-0.15, -0.1) is 0 Å². The lowest BCUT2D eigenvalue weighted by atomic mass is 10.0. The zero-order chi connectivity index (χ0) is 19.2. The molecule has 1 aliphatic heterocycles. The Kier molecular flexibility index (Phi) is 5.96. The topological polar surface area (TPSA) is 76.7 Å². The van der Waals surface area contributed by atoms with Crippen LogP contribution in [0, 0.1) is 0 Å². The molecule has 0 fully saturated rings. The molecule has 27 heavy (non-hydrogen) atoms. The molecule has 0 aromatic heterocycles. The zero-order valence-electron chi connectivity index (χ0n) is 15.6. The van der Waals surface area contributed by atoms with E-state index in [1.54, 1.807) is 13.2 Å². The highest BCUT2D eigenvalue weighted by molar-refractivity contribution is 5.94. The summed E-state index contributed by atoms with van der Waals surface area (Å²) in [5.41, 5.74) is 2.86. The summed E-state index contributed by atoms with van der Waals surface area (Å²) in [6, 6.07) is 13.0. The van der Waals surface area contributed by atoms with Crippen LogP contribution in [0.15, 0.2) is 42.5 Å². The molecule has 0 radical (unpaired) electrons. The lowest BCUT2D eigenvalue weighted by Gasteiger charge is -2.19. The number of ether oxygens (including phenoxy) is 2. The van der Waals surface area contributed by atoms with E-state index < -0.39 is 0 Å². The third-order valence-electron chi connectivity index (χ3n) is 4.60. The predicted molar refractivity (Wildman–Crippen MR) is 103 cm³/mol. The van der Waals surface area contributed by atoms with Gasteiger partial charge in [-0.25, -0.2) is 0 Å². The number of hydrogen-bond donors (Lipinski definition) is 2. The molecule has 0 saturated heterocycles. The Hall–Kier alpha value is -3.02. The zero-order valence-corrected chi connectivity index (χ0v) is 15.6. The Bertz CT molecular complexity index is 817. The molecule has 2 N–H and O–H groups in total. The number of benzene rings is 2. The summed E-state index contributed by atoms with van der Waals surface area (Å²) in [5, 5.41) is 5.83. The molecular formula is C21H24N2O4. The number of rotatable bonds is 7. The summed E-state index contributed by atoms with van der Waals surface area (Å²) < 4.78 is 10.8. The molecule has 0 saturated carbocycles. The van der Waals surface area contributed by atoms with Gasteiger partial charge in [0, 0.05) is 12.1 Å². The highest BCUT2D eigenvalue weighted by Gasteiger charge is 2.16. The second-order valence-corrected chi connectivity index (χ2v) is 6.46. The van der Waals surface area contributed by atoms with Crippen LogP contribution in [-0.4, -0.2) is 25.5 Å². The number of hydrogen-bond acceptors (Lipinski definition) is 4. The SMILES string of the molecule is CC[C@@H](NC(=O)COc1ccc2c(c1)CCC(=O)N2)c1ccc(OC)cc1. The van der Waals surface area contributed by atoms with E-state index in [1.807, 2.05) is 43.3 Å². The first-order valence-electron chi connectivity index (χ1n) is 9.08. The minimum Gasteiger partial charge on any atom is -0.497 e. The van der Waals surface area contributed by atoms with Gasteiger partial charge < -0.3 is 20.1 Å². The molecule has 0 bridgehead atoms. The summed E-state index contributed by atoms with van der Waals surface area (Å²) in [5.74, 6) is 1.26. The number of methoxy groups -OCH3 is 1. The van der Waals surface area contributed by atoms with Gasteiger partial charge in [-0.05, 0) is 54.3 Å². The molecule has 0 spiro atoms. The summed E-state index contributed by atoms with van der Waals surface area (Å²) in [7, 11) is 1.63. The van der Waals surface area contributed by atoms with Gasteiger partial charge in [-0.2, -0.15) is 0 Å². The molecular weight excluding hydrogens is 344 g/mol. The van der Waals surface area contributed by atoms with Crippen LogP contribution in [0.1, 0.15) is 36.9 Å². The molecule has 6 heteroatoms. The lowest BCUT2D eigenvalue weighted by Crippen LogP contribution is -2.32. The second-order valence-electron chi connectivity index (χ2n) is 6.46. The predicted octanol–water partition coefficient (Wildman–Crippen LogP) is 3.23. The van der Waals surface area contributed by atoms with Crippen LogP contribution in [-0.2, 0) is 16.0 Å². The van der Waals surface area contributed by atoms with Crippen molar-refractivity contribution >= 4 is 17.5 Å². The van der Waals surface area contributed by atoms with Gasteiger partial charge >= 0.3 is 0 Å². The monoisotopic (exact) mass is 368 g/mol. The van der Waals surface area contributed by atoms with Crippen molar-refractivity contribution in [2.24, 2.45) is 0 Å². The maximum Gasteiger partial charge on any atom is 0.258 e. The van der Waals surface area contributed by atoms with Crippen LogP contribution in [0.25, 0.3) is 0 Å². The minimum atomic E-state index is -0.177. The molecule has 142 valence electrons. The van der Waals surface area contributed by atoms with Crippen molar-refractivity contribution in [3.63, 3.8) is 0 Å². The van der Waals surface area contributed by atoms with Crippen molar-refractivity contribution in [2.45, 2.75) is 32.2 Å².